The van der Waals surface area contributed by atoms with Gasteiger partial charge in [-0.05, 0) is 50.8 Å². The van der Waals surface area contributed by atoms with Crippen LogP contribution in [0.4, 0.5) is 0 Å². The van der Waals surface area contributed by atoms with E-state index in [0.717, 1.165) is 5.56 Å². The summed E-state index contributed by atoms with van der Waals surface area (Å²) in [6.45, 7) is 6.53. The van der Waals surface area contributed by atoms with E-state index in [4.69, 9.17) is 14.8 Å². The molecule has 0 aromatic heterocycles. The number of rotatable bonds is 6. The van der Waals surface area contributed by atoms with Crippen LogP contribution in [0.2, 0.25) is 0 Å². The van der Waals surface area contributed by atoms with Gasteiger partial charge in [0, 0.05) is 19.5 Å². The van der Waals surface area contributed by atoms with Crippen molar-refractivity contribution in [2.75, 3.05) is 13.2 Å². The van der Waals surface area contributed by atoms with Crippen molar-refractivity contribution in [2.45, 2.75) is 50.7 Å². The molecule has 1 aromatic rings. The molecule has 1 unspecified atom stereocenters. The molecule has 0 aliphatic carbocycles. The van der Waals surface area contributed by atoms with Crippen LogP contribution in [0.3, 0.4) is 0 Å². The van der Waals surface area contributed by atoms with Crippen LogP contribution in [0, 0.1) is 5.92 Å². The van der Waals surface area contributed by atoms with Gasteiger partial charge in [0.15, 0.2) is 0 Å². The van der Waals surface area contributed by atoms with Gasteiger partial charge in [0.1, 0.15) is 11.6 Å². The SMILES string of the molecule is CC(C)(C)ON1CCC(COS(=O)(=O)c2ccc(CN)cc2)CC1=C=O. The Morgan fingerprint density at radius 3 is 2.46 bits per heavy atom. The number of carbonyl (C=O) groups excluding carboxylic acids is 1. The van der Waals surface area contributed by atoms with Gasteiger partial charge in [-0.15, -0.1) is 0 Å². The van der Waals surface area contributed by atoms with Crippen molar-refractivity contribution in [3.8, 4) is 0 Å². The van der Waals surface area contributed by atoms with Crippen molar-refractivity contribution < 1.29 is 22.2 Å². The average Bonchev–Trinajstić information content (AvgIpc) is 2.59. The van der Waals surface area contributed by atoms with Gasteiger partial charge in [0.25, 0.3) is 10.1 Å². The number of hydroxylamine groups is 2. The highest BCUT2D eigenvalue weighted by molar-refractivity contribution is 7.86. The first-order chi connectivity index (χ1) is 12.1. The van der Waals surface area contributed by atoms with E-state index in [1.165, 1.54) is 12.1 Å². The summed E-state index contributed by atoms with van der Waals surface area (Å²) in [7, 11) is -3.84. The number of hydrogen-bond acceptors (Lipinski definition) is 7. The predicted molar refractivity (Wildman–Crippen MR) is 96.9 cm³/mol. The zero-order chi connectivity index (χ0) is 19.4. The highest BCUT2D eigenvalue weighted by Crippen LogP contribution is 2.28. The quantitative estimate of drug-likeness (QED) is 0.593. The second-order valence-electron chi connectivity index (χ2n) is 7.30. The van der Waals surface area contributed by atoms with Crippen LogP contribution >= 0.6 is 0 Å². The van der Waals surface area contributed by atoms with Crippen LogP contribution in [0.15, 0.2) is 34.9 Å². The Morgan fingerprint density at radius 2 is 1.92 bits per heavy atom. The lowest BCUT2D eigenvalue weighted by Crippen LogP contribution is -2.39. The summed E-state index contributed by atoms with van der Waals surface area (Å²) in [5.74, 6) is 1.81. The number of allylic oxidation sites excluding steroid dienone is 1. The zero-order valence-electron chi connectivity index (χ0n) is 15.4. The third kappa shape index (κ3) is 5.65. The fourth-order valence-electron chi connectivity index (χ4n) is 2.62. The minimum atomic E-state index is -3.84. The zero-order valence-corrected chi connectivity index (χ0v) is 16.2. The van der Waals surface area contributed by atoms with E-state index in [9.17, 15) is 13.2 Å². The van der Waals surface area contributed by atoms with Gasteiger partial charge in [-0.3, -0.25) is 9.02 Å². The van der Waals surface area contributed by atoms with Crippen LogP contribution in [-0.4, -0.2) is 38.2 Å². The minimum absolute atomic E-state index is 0.00944. The van der Waals surface area contributed by atoms with E-state index in [0.29, 0.717) is 31.6 Å². The summed E-state index contributed by atoms with van der Waals surface area (Å²) in [4.78, 5) is 17.1. The number of hydrogen-bond donors (Lipinski definition) is 1. The van der Waals surface area contributed by atoms with Gasteiger partial charge in [0.05, 0.1) is 17.1 Å². The highest BCUT2D eigenvalue weighted by atomic mass is 32.2. The first-order valence-corrected chi connectivity index (χ1v) is 9.94. The van der Waals surface area contributed by atoms with Crippen molar-refractivity contribution in [2.24, 2.45) is 11.7 Å². The number of benzene rings is 1. The fourth-order valence-corrected chi connectivity index (χ4v) is 3.60. The van der Waals surface area contributed by atoms with Gasteiger partial charge in [-0.2, -0.15) is 8.42 Å². The Morgan fingerprint density at radius 1 is 1.27 bits per heavy atom. The third-order valence-corrected chi connectivity index (χ3v) is 5.23. The molecule has 7 nitrogen and oxygen atoms in total. The number of nitrogens with zero attached hydrogens (tertiary/aromatic N) is 1. The van der Waals surface area contributed by atoms with E-state index in [1.54, 1.807) is 17.2 Å². The van der Waals surface area contributed by atoms with Crippen molar-refractivity contribution in [1.82, 2.24) is 5.06 Å². The predicted octanol–water partition coefficient (Wildman–Crippen LogP) is 2.01. The molecule has 0 bridgehead atoms. The maximum absolute atomic E-state index is 12.3. The lowest BCUT2D eigenvalue weighted by atomic mass is 9.97. The molecule has 1 aliphatic rings. The maximum atomic E-state index is 12.3. The van der Waals surface area contributed by atoms with E-state index < -0.39 is 15.7 Å². The second-order valence-corrected chi connectivity index (χ2v) is 8.92. The topological polar surface area (TPSA) is 98.9 Å². The maximum Gasteiger partial charge on any atom is 0.296 e. The highest BCUT2D eigenvalue weighted by Gasteiger charge is 2.29. The molecule has 0 spiro atoms. The molecule has 0 amide bonds. The van der Waals surface area contributed by atoms with Crippen molar-refractivity contribution in [3.63, 3.8) is 0 Å². The number of piperidine rings is 1. The molecule has 1 aromatic carbocycles. The van der Waals surface area contributed by atoms with Gasteiger partial charge < -0.3 is 5.73 Å². The Labute approximate surface area is 154 Å². The standard InChI is InChI=1S/C18H26N2O5S/c1-18(2,3)25-20-9-8-15(10-16(20)12-21)13-24-26(22,23)17-6-4-14(11-19)5-7-17/h4-7,15H,8-11,13,19H2,1-3H3. The van der Waals surface area contributed by atoms with E-state index in [1.807, 2.05) is 26.7 Å². The smallest absolute Gasteiger partial charge is 0.296 e. The monoisotopic (exact) mass is 382 g/mol. The molecule has 1 aliphatic heterocycles. The largest absolute Gasteiger partial charge is 0.326 e. The van der Waals surface area contributed by atoms with Crippen LogP contribution in [-0.2, 0) is 30.5 Å². The van der Waals surface area contributed by atoms with E-state index in [-0.39, 0.29) is 17.4 Å². The van der Waals surface area contributed by atoms with Gasteiger partial charge in [0.2, 0.25) is 0 Å². The number of nitrogens with two attached hydrogens (primary N) is 1. The molecule has 2 rings (SSSR count). The molecule has 8 heteroatoms. The lowest BCUT2D eigenvalue weighted by Gasteiger charge is -2.36. The van der Waals surface area contributed by atoms with Crippen molar-refractivity contribution in [3.05, 3.63) is 35.5 Å². The molecular formula is C18H26N2O5S. The Bertz CT molecular complexity index is 762. The summed E-state index contributed by atoms with van der Waals surface area (Å²) in [6.07, 6.45) is 1.02. The van der Waals surface area contributed by atoms with Crippen LogP contribution in [0.1, 0.15) is 39.2 Å². The molecular weight excluding hydrogens is 356 g/mol. The average molecular weight is 382 g/mol. The first-order valence-electron chi connectivity index (χ1n) is 8.53. The summed E-state index contributed by atoms with van der Waals surface area (Å²) in [5, 5.41) is 1.55. The third-order valence-electron chi connectivity index (χ3n) is 3.93. The fraction of sp³-hybridized carbons (Fsp3) is 0.556. The van der Waals surface area contributed by atoms with Gasteiger partial charge in [-0.25, -0.2) is 9.86 Å². The summed E-state index contributed by atoms with van der Waals surface area (Å²) < 4.78 is 29.8. The van der Waals surface area contributed by atoms with Gasteiger partial charge >= 0.3 is 0 Å². The Kier molecular flexibility index (Phi) is 6.60. The van der Waals surface area contributed by atoms with Crippen molar-refractivity contribution in [1.29, 1.82) is 0 Å². The molecule has 144 valence electrons. The van der Waals surface area contributed by atoms with E-state index in [2.05, 4.69) is 0 Å². The summed E-state index contributed by atoms with van der Waals surface area (Å²) >= 11 is 0. The lowest BCUT2D eigenvalue weighted by molar-refractivity contribution is -0.216. The summed E-state index contributed by atoms with van der Waals surface area (Å²) in [5.41, 5.74) is 6.31. The normalized spacial score (nSPS) is 18.7. The Hall–Kier alpha value is -1.70. The van der Waals surface area contributed by atoms with Crippen LogP contribution in [0.25, 0.3) is 0 Å². The second kappa shape index (κ2) is 8.33. The van der Waals surface area contributed by atoms with E-state index >= 15 is 0 Å². The van der Waals surface area contributed by atoms with Crippen molar-refractivity contribution >= 4 is 16.1 Å². The molecule has 1 atom stereocenters. The summed E-state index contributed by atoms with van der Waals surface area (Å²) in [6, 6.07) is 6.28. The minimum Gasteiger partial charge on any atom is -0.326 e. The molecule has 0 saturated carbocycles. The van der Waals surface area contributed by atoms with Crippen LogP contribution in [0.5, 0.6) is 0 Å². The van der Waals surface area contributed by atoms with Gasteiger partial charge in [-0.1, -0.05) is 12.1 Å². The molecule has 2 N–H and O–H groups in total. The first kappa shape index (κ1) is 20.6. The molecule has 1 heterocycles. The van der Waals surface area contributed by atoms with Crippen LogP contribution < -0.4 is 5.73 Å². The Balaban J connectivity index is 1.96. The molecule has 1 fully saturated rings. The molecule has 0 radical (unpaired) electrons. The molecule has 26 heavy (non-hydrogen) atoms. The molecule has 1 saturated heterocycles.